The lowest BCUT2D eigenvalue weighted by Crippen LogP contribution is -2.20. The minimum absolute atomic E-state index is 0.278. The number of halogens is 3. The molecule has 0 saturated carbocycles. The van der Waals surface area contributed by atoms with Crippen molar-refractivity contribution in [1.82, 2.24) is 25.1 Å². The fourth-order valence-corrected chi connectivity index (χ4v) is 2.18. The van der Waals surface area contributed by atoms with Crippen LogP contribution in [0.4, 0.5) is 19.1 Å². The summed E-state index contributed by atoms with van der Waals surface area (Å²) in [6, 6.07) is 4.94. The number of hydrogen-bond acceptors (Lipinski definition) is 6. The minimum atomic E-state index is -4.41. The van der Waals surface area contributed by atoms with Crippen molar-refractivity contribution in [2.24, 2.45) is 0 Å². The van der Waals surface area contributed by atoms with Gasteiger partial charge in [-0.2, -0.15) is 18.3 Å². The van der Waals surface area contributed by atoms with Crippen LogP contribution in [0.25, 0.3) is 11.3 Å². The van der Waals surface area contributed by atoms with Crippen LogP contribution in [-0.2, 0) is 12.7 Å². The van der Waals surface area contributed by atoms with Crippen molar-refractivity contribution >= 4 is 5.95 Å². The molecule has 1 aromatic carbocycles. The number of hydrogen-bond donors (Lipinski definition) is 0. The molecule has 2 heterocycles. The maximum absolute atomic E-state index is 12.9. The molecule has 0 atom stereocenters. The van der Waals surface area contributed by atoms with Gasteiger partial charge in [-0.15, -0.1) is 5.10 Å². The Morgan fingerprint density at radius 2 is 1.96 bits per heavy atom. The topological polar surface area (TPSA) is 67.7 Å². The molecule has 2 aromatic heterocycles. The molecule has 6 nitrogen and oxygen atoms in total. The van der Waals surface area contributed by atoms with Crippen LogP contribution < -0.4 is 4.90 Å². The van der Waals surface area contributed by atoms with Crippen molar-refractivity contribution in [3.05, 3.63) is 60.3 Å². The van der Waals surface area contributed by atoms with Crippen LogP contribution in [0.2, 0.25) is 0 Å². The van der Waals surface area contributed by atoms with E-state index in [9.17, 15) is 13.2 Å². The average Bonchev–Trinajstić information content (AvgIpc) is 2.62. The second-order valence-corrected chi connectivity index (χ2v) is 5.27. The third-order valence-electron chi connectivity index (χ3n) is 3.39. The average molecular weight is 346 g/mol. The number of anilines is 1. The number of nitrogens with zero attached hydrogens (tertiary/aromatic N) is 6. The molecule has 0 fully saturated rings. The Bertz CT molecular complexity index is 854. The zero-order valence-electron chi connectivity index (χ0n) is 13.1. The molecule has 0 aliphatic heterocycles. The highest BCUT2D eigenvalue weighted by Gasteiger charge is 2.30. The monoisotopic (exact) mass is 346 g/mol. The lowest BCUT2D eigenvalue weighted by atomic mass is 10.1. The van der Waals surface area contributed by atoms with E-state index in [2.05, 4.69) is 25.1 Å². The Labute approximate surface area is 141 Å². The summed E-state index contributed by atoms with van der Waals surface area (Å²) in [7, 11) is 1.74. The van der Waals surface area contributed by atoms with Crippen LogP contribution in [0.15, 0.2) is 49.1 Å². The second kappa shape index (κ2) is 6.80. The number of benzene rings is 1. The summed E-state index contributed by atoms with van der Waals surface area (Å²) in [4.78, 5) is 14.1. The van der Waals surface area contributed by atoms with Gasteiger partial charge in [0.2, 0.25) is 5.95 Å². The SMILES string of the molecule is CN(Cc1cnccn1)c1nncc(-c2cccc(C(F)(F)F)c2)n1. The summed E-state index contributed by atoms with van der Waals surface area (Å²) in [5, 5.41) is 7.77. The van der Waals surface area contributed by atoms with E-state index in [0.29, 0.717) is 23.5 Å². The lowest BCUT2D eigenvalue weighted by molar-refractivity contribution is -0.137. The molecule has 9 heteroatoms. The van der Waals surface area contributed by atoms with Crippen LogP contribution in [0.3, 0.4) is 0 Å². The van der Waals surface area contributed by atoms with E-state index in [-0.39, 0.29) is 5.95 Å². The number of rotatable bonds is 4. The Kier molecular flexibility index (Phi) is 4.55. The minimum Gasteiger partial charge on any atom is -0.337 e. The van der Waals surface area contributed by atoms with Crippen molar-refractivity contribution < 1.29 is 13.2 Å². The van der Waals surface area contributed by atoms with E-state index in [0.717, 1.165) is 12.1 Å². The highest BCUT2D eigenvalue weighted by atomic mass is 19.4. The summed E-state index contributed by atoms with van der Waals surface area (Å²) in [6.07, 6.45) is 1.66. The Hall–Kier alpha value is -3.10. The quantitative estimate of drug-likeness (QED) is 0.723. The second-order valence-electron chi connectivity index (χ2n) is 5.27. The molecule has 0 bridgehead atoms. The molecule has 0 amide bonds. The standard InChI is InChI=1S/C16H13F3N6/c1-25(10-13-8-20-5-6-21-13)15-23-14(9-22-24-15)11-3-2-4-12(7-11)16(17,18)19/h2-9H,10H2,1H3. The van der Waals surface area contributed by atoms with Crippen molar-refractivity contribution in [1.29, 1.82) is 0 Å². The van der Waals surface area contributed by atoms with Crippen molar-refractivity contribution in [2.45, 2.75) is 12.7 Å². The first-order chi connectivity index (χ1) is 11.9. The van der Waals surface area contributed by atoms with Gasteiger partial charge < -0.3 is 4.90 Å². The number of alkyl halides is 3. The maximum atomic E-state index is 12.9. The number of aromatic nitrogens is 5. The zero-order chi connectivity index (χ0) is 17.9. The molecule has 0 radical (unpaired) electrons. The molecule has 0 unspecified atom stereocenters. The third kappa shape index (κ3) is 4.06. The van der Waals surface area contributed by atoms with Gasteiger partial charge in [-0.1, -0.05) is 12.1 Å². The van der Waals surface area contributed by atoms with E-state index < -0.39 is 11.7 Å². The van der Waals surface area contributed by atoms with Gasteiger partial charge in [-0.3, -0.25) is 9.97 Å². The fourth-order valence-electron chi connectivity index (χ4n) is 2.18. The van der Waals surface area contributed by atoms with E-state index in [1.54, 1.807) is 36.6 Å². The summed E-state index contributed by atoms with van der Waals surface area (Å²) in [6.45, 7) is 0.390. The van der Waals surface area contributed by atoms with Crippen molar-refractivity contribution in [3.8, 4) is 11.3 Å². The van der Waals surface area contributed by atoms with Crippen LogP contribution >= 0.6 is 0 Å². The van der Waals surface area contributed by atoms with Crippen LogP contribution in [-0.4, -0.2) is 32.2 Å². The van der Waals surface area contributed by atoms with Crippen LogP contribution in [0, 0.1) is 0 Å². The van der Waals surface area contributed by atoms with Gasteiger partial charge in [0, 0.05) is 25.0 Å². The third-order valence-corrected chi connectivity index (χ3v) is 3.39. The molecular formula is C16H13F3N6. The molecule has 0 aliphatic carbocycles. The van der Waals surface area contributed by atoms with Crippen LogP contribution in [0.5, 0.6) is 0 Å². The molecule has 0 spiro atoms. The van der Waals surface area contributed by atoms with Gasteiger partial charge >= 0.3 is 6.18 Å². The van der Waals surface area contributed by atoms with Crippen molar-refractivity contribution in [3.63, 3.8) is 0 Å². The fraction of sp³-hybridized carbons (Fsp3) is 0.188. The van der Waals surface area contributed by atoms with Gasteiger partial charge in [0.05, 0.1) is 35.9 Å². The van der Waals surface area contributed by atoms with E-state index in [4.69, 9.17) is 0 Å². The Morgan fingerprint density at radius 3 is 2.68 bits per heavy atom. The lowest BCUT2D eigenvalue weighted by Gasteiger charge is -2.16. The summed E-state index contributed by atoms with van der Waals surface area (Å²) >= 11 is 0. The molecule has 3 rings (SSSR count). The van der Waals surface area contributed by atoms with Crippen LogP contribution in [0.1, 0.15) is 11.3 Å². The van der Waals surface area contributed by atoms with E-state index >= 15 is 0 Å². The summed E-state index contributed by atoms with van der Waals surface area (Å²) < 4.78 is 38.6. The first kappa shape index (κ1) is 16.7. The highest BCUT2D eigenvalue weighted by molar-refractivity contribution is 5.60. The summed E-state index contributed by atoms with van der Waals surface area (Å²) in [5.74, 6) is 0.278. The predicted molar refractivity (Wildman–Crippen MR) is 84.4 cm³/mol. The highest BCUT2D eigenvalue weighted by Crippen LogP contribution is 2.31. The van der Waals surface area contributed by atoms with Gasteiger partial charge in [0.1, 0.15) is 0 Å². The van der Waals surface area contributed by atoms with Gasteiger partial charge in [-0.25, -0.2) is 4.98 Å². The first-order valence-corrected chi connectivity index (χ1v) is 7.27. The summed E-state index contributed by atoms with van der Waals surface area (Å²) in [5.41, 5.74) is 0.595. The predicted octanol–water partition coefficient (Wildman–Crippen LogP) is 2.98. The largest absolute Gasteiger partial charge is 0.416 e. The molecule has 0 aliphatic rings. The van der Waals surface area contributed by atoms with E-state index in [1.165, 1.54) is 12.3 Å². The maximum Gasteiger partial charge on any atom is 0.416 e. The van der Waals surface area contributed by atoms with Gasteiger partial charge in [-0.05, 0) is 12.1 Å². The smallest absolute Gasteiger partial charge is 0.337 e. The molecule has 3 aromatic rings. The van der Waals surface area contributed by atoms with Gasteiger partial charge in [0.25, 0.3) is 0 Å². The molecule has 0 saturated heterocycles. The first-order valence-electron chi connectivity index (χ1n) is 7.27. The molecule has 25 heavy (non-hydrogen) atoms. The van der Waals surface area contributed by atoms with Crippen molar-refractivity contribution in [2.75, 3.05) is 11.9 Å². The van der Waals surface area contributed by atoms with Gasteiger partial charge in [0.15, 0.2) is 0 Å². The Morgan fingerprint density at radius 1 is 1.12 bits per heavy atom. The zero-order valence-corrected chi connectivity index (χ0v) is 13.1. The molecule has 0 N–H and O–H groups in total. The molecular weight excluding hydrogens is 333 g/mol. The Balaban J connectivity index is 1.87. The molecule has 128 valence electrons. The van der Waals surface area contributed by atoms with E-state index in [1.807, 2.05) is 0 Å². The normalized spacial score (nSPS) is 11.4.